The van der Waals surface area contributed by atoms with Crippen LogP contribution in [-0.4, -0.2) is 33.5 Å². The fraction of sp³-hybridized carbons (Fsp3) is 0.231. The van der Waals surface area contributed by atoms with Gasteiger partial charge >= 0.3 is 0 Å². The van der Waals surface area contributed by atoms with Gasteiger partial charge in [-0.2, -0.15) is 0 Å². The Morgan fingerprint density at radius 3 is 2.73 bits per heavy atom. The summed E-state index contributed by atoms with van der Waals surface area (Å²) in [6.45, 7) is 1.97. The van der Waals surface area contributed by atoms with E-state index >= 15 is 0 Å². The highest BCUT2D eigenvalue weighted by molar-refractivity contribution is 6.44. The Hall–Kier alpha value is -3.87. The summed E-state index contributed by atoms with van der Waals surface area (Å²) in [5.74, 6) is -3.35. The molecular weight excluding hydrogens is 423 g/mol. The van der Waals surface area contributed by atoms with Gasteiger partial charge in [-0.05, 0) is 48.4 Å². The molecule has 0 radical (unpaired) electrons. The zero-order chi connectivity index (χ0) is 23.1. The van der Waals surface area contributed by atoms with E-state index in [1.165, 1.54) is 23.1 Å². The molecule has 3 aromatic rings. The van der Waals surface area contributed by atoms with Crippen molar-refractivity contribution >= 4 is 17.5 Å². The minimum absolute atomic E-state index is 0.00109. The highest BCUT2D eigenvalue weighted by atomic mass is 19.1. The van der Waals surface area contributed by atoms with Crippen molar-refractivity contribution in [3.05, 3.63) is 95.1 Å². The van der Waals surface area contributed by atoms with Crippen molar-refractivity contribution in [1.82, 2.24) is 9.88 Å². The molecule has 0 bridgehead atoms. The molecule has 2 aliphatic heterocycles. The monoisotopic (exact) mass is 444 g/mol. The van der Waals surface area contributed by atoms with Crippen LogP contribution in [0.2, 0.25) is 0 Å². The Bertz CT molecular complexity index is 1260. The number of ketones is 2. The number of ether oxygens (including phenoxy) is 1. The van der Waals surface area contributed by atoms with Crippen LogP contribution in [0.3, 0.4) is 0 Å². The van der Waals surface area contributed by atoms with Gasteiger partial charge in [-0.25, -0.2) is 4.39 Å². The van der Waals surface area contributed by atoms with E-state index in [1.54, 1.807) is 48.8 Å². The first-order chi connectivity index (χ1) is 15.9. The Morgan fingerprint density at radius 1 is 1.15 bits per heavy atom. The lowest BCUT2D eigenvalue weighted by Crippen LogP contribution is -2.31. The molecule has 0 aliphatic carbocycles. The summed E-state index contributed by atoms with van der Waals surface area (Å²) < 4.78 is 20.6. The fourth-order valence-corrected chi connectivity index (χ4v) is 4.66. The van der Waals surface area contributed by atoms with Crippen LogP contribution in [0.25, 0.3) is 0 Å². The van der Waals surface area contributed by atoms with E-state index in [4.69, 9.17) is 4.74 Å². The second kappa shape index (κ2) is 8.24. The summed E-state index contributed by atoms with van der Waals surface area (Å²) in [4.78, 5) is 45.1. The van der Waals surface area contributed by atoms with E-state index in [0.717, 1.165) is 5.56 Å². The van der Waals surface area contributed by atoms with Crippen molar-refractivity contribution in [1.29, 1.82) is 0 Å². The van der Waals surface area contributed by atoms with Gasteiger partial charge in [0.2, 0.25) is 5.78 Å². The van der Waals surface area contributed by atoms with Gasteiger partial charge in [-0.15, -0.1) is 0 Å². The highest BCUT2D eigenvalue weighted by Crippen LogP contribution is 2.41. The summed E-state index contributed by atoms with van der Waals surface area (Å²) in [5.41, 5.74) is 2.00. The predicted molar refractivity (Wildman–Crippen MR) is 117 cm³/mol. The van der Waals surface area contributed by atoms with Crippen LogP contribution < -0.4 is 4.74 Å². The van der Waals surface area contributed by atoms with Gasteiger partial charge < -0.3 is 9.64 Å². The number of fused-ring (bicyclic) bond motifs is 1. The minimum atomic E-state index is -1.34. The summed E-state index contributed by atoms with van der Waals surface area (Å²) >= 11 is 0. The van der Waals surface area contributed by atoms with Crippen LogP contribution in [0, 0.1) is 11.7 Å². The number of aromatic nitrogens is 1. The topological polar surface area (TPSA) is 76.6 Å². The average Bonchev–Trinajstić information content (AvgIpc) is 3.31. The molecule has 2 aromatic carbocycles. The SMILES string of the molecule is CC1Cc2cc(C(=O)C3C(=O)C(=O)N(Cc4cccnc4)C3c3ccccc3F)ccc2O1. The number of carbonyl (C=O) groups is 3. The molecule has 1 saturated heterocycles. The fourth-order valence-electron chi connectivity index (χ4n) is 4.66. The second-order valence-corrected chi connectivity index (χ2v) is 8.42. The first-order valence-corrected chi connectivity index (χ1v) is 10.8. The van der Waals surface area contributed by atoms with Gasteiger partial charge in [0, 0.05) is 36.5 Å². The number of rotatable bonds is 5. The lowest BCUT2D eigenvalue weighted by atomic mass is 9.85. The second-order valence-electron chi connectivity index (χ2n) is 8.42. The number of hydrogen-bond acceptors (Lipinski definition) is 5. The molecule has 3 unspecified atom stereocenters. The van der Waals surface area contributed by atoms with Crippen molar-refractivity contribution in [2.75, 3.05) is 0 Å². The first-order valence-electron chi connectivity index (χ1n) is 10.8. The molecule has 1 amide bonds. The molecule has 166 valence electrons. The van der Waals surface area contributed by atoms with Crippen LogP contribution in [0.1, 0.15) is 40.0 Å². The van der Waals surface area contributed by atoms with Crippen molar-refractivity contribution in [2.24, 2.45) is 5.92 Å². The lowest BCUT2D eigenvalue weighted by Gasteiger charge is -2.27. The van der Waals surface area contributed by atoms with Gasteiger partial charge in [-0.3, -0.25) is 19.4 Å². The van der Waals surface area contributed by atoms with Crippen LogP contribution >= 0.6 is 0 Å². The number of carbonyl (C=O) groups excluding carboxylic acids is 3. The average molecular weight is 444 g/mol. The third kappa shape index (κ3) is 3.69. The zero-order valence-electron chi connectivity index (χ0n) is 17.9. The molecule has 6 nitrogen and oxygen atoms in total. The first kappa shape index (κ1) is 21.0. The molecule has 3 heterocycles. The van der Waals surface area contributed by atoms with Gasteiger partial charge in [0.15, 0.2) is 5.78 Å². The molecule has 3 atom stereocenters. The van der Waals surface area contributed by atoms with Gasteiger partial charge in [0.1, 0.15) is 23.6 Å². The molecular formula is C26H21FN2O4. The Balaban J connectivity index is 1.57. The van der Waals surface area contributed by atoms with Crippen LogP contribution in [0.15, 0.2) is 67.0 Å². The quantitative estimate of drug-likeness (QED) is 0.341. The maximum Gasteiger partial charge on any atom is 0.291 e. The van der Waals surface area contributed by atoms with E-state index in [9.17, 15) is 18.8 Å². The van der Waals surface area contributed by atoms with E-state index in [0.29, 0.717) is 23.3 Å². The maximum absolute atomic E-state index is 14.9. The van der Waals surface area contributed by atoms with Crippen molar-refractivity contribution in [3.8, 4) is 5.75 Å². The molecule has 2 aliphatic rings. The Kier molecular flexibility index (Phi) is 5.24. The molecule has 1 aromatic heterocycles. The summed E-state index contributed by atoms with van der Waals surface area (Å²) in [5, 5.41) is 0. The zero-order valence-corrected chi connectivity index (χ0v) is 17.9. The van der Waals surface area contributed by atoms with Crippen molar-refractivity contribution in [3.63, 3.8) is 0 Å². The smallest absolute Gasteiger partial charge is 0.291 e. The number of benzene rings is 2. The van der Waals surface area contributed by atoms with Crippen LogP contribution in [-0.2, 0) is 22.6 Å². The van der Waals surface area contributed by atoms with Crippen molar-refractivity contribution in [2.45, 2.75) is 32.0 Å². The molecule has 0 N–H and O–H groups in total. The maximum atomic E-state index is 14.9. The van der Waals surface area contributed by atoms with E-state index in [-0.39, 0.29) is 18.2 Å². The summed E-state index contributed by atoms with van der Waals surface area (Å²) in [6.07, 6.45) is 3.82. The van der Waals surface area contributed by atoms with E-state index in [2.05, 4.69) is 4.98 Å². The third-order valence-corrected chi connectivity index (χ3v) is 6.17. The molecule has 33 heavy (non-hydrogen) atoms. The van der Waals surface area contributed by atoms with Crippen LogP contribution in [0.4, 0.5) is 4.39 Å². The molecule has 0 saturated carbocycles. The minimum Gasteiger partial charge on any atom is -0.490 e. The largest absolute Gasteiger partial charge is 0.490 e. The number of halogens is 1. The molecule has 7 heteroatoms. The number of likely N-dealkylation sites (tertiary alicyclic amines) is 1. The standard InChI is InChI=1S/C26H21FN2O4/c1-15-11-18-12-17(8-9-21(18)33-15)24(30)22-23(19-6-2-3-7-20(19)27)29(26(32)25(22)31)14-16-5-4-10-28-13-16/h2-10,12-13,15,22-23H,11,14H2,1H3. The molecule has 1 fully saturated rings. The van der Waals surface area contributed by atoms with Crippen LogP contribution in [0.5, 0.6) is 5.75 Å². The number of hydrogen-bond donors (Lipinski definition) is 0. The van der Waals surface area contributed by atoms with Gasteiger partial charge in [0.25, 0.3) is 5.91 Å². The summed E-state index contributed by atoms with van der Waals surface area (Å²) in [6, 6.07) is 13.4. The van der Waals surface area contributed by atoms with Gasteiger partial charge in [-0.1, -0.05) is 24.3 Å². The number of Topliss-reactive ketones (excluding diaryl/α,β-unsaturated/α-hetero) is 2. The molecule has 0 spiro atoms. The van der Waals surface area contributed by atoms with E-state index in [1.807, 2.05) is 6.92 Å². The van der Waals surface area contributed by atoms with E-state index < -0.39 is 35.3 Å². The Morgan fingerprint density at radius 2 is 1.97 bits per heavy atom. The third-order valence-electron chi connectivity index (χ3n) is 6.17. The summed E-state index contributed by atoms with van der Waals surface area (Å²) in [7, 11) is 0. The normalized spacial score (nSPS) is 21.8. The molecule has 5 rings (SSSR count). The predicted octanol–water partition coefficient (Wildman–Crippen LogP) is 3.70. The number of nitrogens with zero attached hydrogens (tertiary/aromatic N) is 2. The lowest BCUT2D eigenvalue weighted by molar-refractivity contribution is -0.141. The van der Waals surface area contributed by atoms with Crippen molar-refractivity contribution < 1.29 is 23.5 Å². The number of pyridine rings is 1. The highest BCUT2D eigenvalue weighted by Gasteiger charge is 2.52. The Labute approximate surface area is 190 Å². The van der Waals surface area contributed by atoms with Gasteiger partial charge in [0.05, 0.1) is 6.04 Å². The number of amides is 1.